The summed E-state index contributed by atoms with van der Waals surface area (Å²) in [6.07, 6.45) is -0.163. The average Bonchev–Trinajstić information content (AvgIpc) is 2.43. The van der Waals surface area contributed by atoms with Gasteiger partial charge < -0.3 is 5.11 Å². The van der Waals surface area contributed by atoms with Gasteiger partial charge in [0.15, 0.2) is 0 Å². The molecule has 0 bridgehead atoms. The second-order valence-electron chi connectivity index (χ2n) is 3.94. The first-order valence-electron chi connectivity index (χ1n) is 4.68. The number of carboxylic acid groups (broad SMARTS) is 1. The highest BCUT2D eigenvalue weighted by Crippen LogP contribution is 2.29. The molecule has 2 unspecified atom stereocenters. The molecule has 0 aromatic carbocycles. The summed E-state index contributed by atoms with van der Waals surface area (Å²) in [5, 5.41) is 8.73. The zero-order valence-corrected chi connectivity index (χ0v) is 8.33. The van der Waals surface area contributed by atoms with Gasteiger partial charge in [-0.15, -0.1) is 0 Å². The van der Waals surface area contributed by atoms with E-state index in [1.54, 1.807) is 18.7 Å². The van der Waals surface area contributed by atoms with Crippen molar-refractivity contribution in [3.8, 4) is 0 Å². The molecule has 1 heterocycles. The molecule has 82 valence electrons. The maximum atomic E-state index is 12.8. The molecule has 0 aliphatic carbocycles. The number of halogens is 2. The monoisotopic (exact) mass is 207 g/mol. The third kappa shape index (κ3) is 2.41. The van der Waals surface area contributed by atoms with Crippen LogP contribution >= 0.6 is 0 Å². The summed E-state index contributed by atoms with van der Waals surface area (Å²) < 4.78 is 25.7. The number of hydrogen-bond donors (Lipinski definition) is 1. The summed E-state index contributed by atoms with van der Waals surface area (Å²) >= 11 is 0. The molecule has 0 amide bonds. The third-order valence-corrected chi connectivity index (χ3v) is 2.89. The summed E-state index contributed by atoms with van der Waals surface area (Å²) in [7, 11) is 0. The Bertz CT molecular complexity index is 233. The Balaban J connectivity index is 2.55. The van der Waals surface area contributed by atoms with Gasteiger partial charge in [-0.1, -0.05) is 6.92 Å². The van der Waals surface area contributed by atoms with Crippen LogP contribution in [0.5, 0.6) is 0 Å². The fraction of sp³-hybridized carbons (Fsp3) is 0.889. The fourth-order valence-corrected chi connectivity index (χ4v) is 1.63. The van der Waals surface area contributed by atoms with E-state index >= 15 is 0 Å². The van der Waals surface area contributed by atoms with E-state index in [1.165, 1.54) is 0 Å². The van der Waals surface area contributed by atoms with Gasteiger partial charge >= 0.3 is 5.97 Å². The average molecular weight is 207 g/mol. The number of alkyl halides is 2. The normalized spacial score (nSPS) is 26.0. The Kier molecular flexibility index (Phi) is 3.09. The van der Waals surface area contributed by atoms with Crippen LogP contribution in [0.3, 0.4) is 0 Å². The SMILES string of the molecule is CC(C(=O)O)C(C)N1CCC(F)(F)C1. The Morgan fingerprint density at radius 2 is 2.07 bits per heavy atom. The van der Waals surface area contributed by atoms with E-state index < -0.39 is 17.8 Å². The molecule has 0 aromatic heterocycles. The van der Waals surface area contributed by atoms with Gasteiger partial charge in [-0.2, -0.15) is 0 Å². The molecule has 1 N–H and O–H groups in total. The number of carbonyl (C=O) groups is 1. The highest BCUT2D eigenvalue weighted by Gasteiger charge is 2.41. The van der Waals surface area contributed by atoms with Crippen molar-refractivity contribution < 1.29 is 18.7 Å². The van der Waals surface area contributed by atoms with Crippen molar-refractivity contribution >= 4 is 5.97 Å². The third-order valence-electron chi connectivity index (χ3n) is 2.89. The standard InChI is InChI=1S/C9H15F2NO2/c1-6(8(13)14)7(2)12-4-3-9(10,11)5-12/h6-7H,3-5H2,1-2H3,(H,13,14). The molecule has 3 nitrogen and oxygen atoms in total. The zero-order chi connectivity index (χ0) is 10.9. The Labute approximate surface area is 81.7 Å². The predicted molar refractivity (Wildman–Crippen MR) is 47.4 cm³/mol. The highest BCUT2D eigenvalue weighted by atomic mass is 19.3. The van der Waals surface area contributed by atoms with Gasteiger partial charge in [0, 0.05) is 19.0 Å². The minimum absolute atomic E-state index is 0.163. The summed E-state index contributed by atoms with van der Waals surface area (Å²) in [4.78, 5) is 12.2. The first-order chi connectivity index (χ1) is 6.33. The van der Waals surface area contributed by atoms with Gasteiger partial charge in [-0.3, -0.25) is 9.69 Å². The van der Waals surface area contributed by atoms with E-state index in [2.05, 4.69) is 0 Å². The molecule has 2 atom stereocenters. The minimum Gasteiger partial charge on any atom is -0.481 e. The number of carboxylic acids is 1. The van der Waals surface area contributed by atoms with Crippen LogP contribution < -0.4 is 0 Å². The Morgan fingerprint density at radius 3 is 2.43 bits per heavy atom. The number of rotatable bonds is 3. The van der Waals surface area contributed by atoms with Crippen molar-refractivity contribution in [1.29, 1.82) is 0 Å². The lowest BCUT2D eigenvalue weighted by molar-refractivity contribution is -0.143. The topological polar surface area (TPSA) is 40.5 Å². The second-order valence-corrected chi connectivity index (χ2v) is 3.94. The number of hydrogen-bond acceptors (Lipinski definition) is 2. The molecule has 0 spiro atoms. The minimum atomic E-state index is -2.65. The maximum Gasteiger partial charge on any atom is 0.307 e. The van der Waals surface area contributed by atoms with Crippen LogP contribution in [0.25, 0.3) is 0 Å². The van der Waals surface area contributed by atoms with E-state index in [0.29, 0.717) is 0 Å². The molecule has 1 saturated heterocycles. The van der Waals surface area contributed by atoms with Crippen molar-refractivity contribution in [1.82, 2.24) is 4.90 Å². The molecule has 1 fully saturated rings. The van der Waals surface area contributed by atoms with E-state index in [0.717, 1.165) is 0 Å². The van der Waals surface area contributed by atoms with Crippen LogP contribution in [0, 0.1) is 5.92 Å². The summed E-state index contributed by atoms with van der Waals surface area (Å²) in [5.41, 5.74) is 0. The summed E-state index contributed by atoms with van der Waals surface area (Å²) in [6.45, 7) is 3.20. The molecule has 1 rings (SSSR count). The first kappa shape index (κ1) is 11.4. The van der Waals surface area contributed by atoms with Crippen LogP contribution in [0.15, 0.2) is 0 Å². The highest BCUT2D eigenvalue weighted by molar-refractivity contribution is 5.70. The maximum absolute atomic E-state index is 12.8. The number of nitrogens with zero attached hydrogens (tertiary/aromatic N) is 1. The van der Waals surface area contributed by atoms with Crippen molar-refractivity contribution in [3.63, 3.8) is 0 Å². The van der Waals surface area contributed by atoms with Crippen LogP contribution in [0.4, 0.5) is 8.78 Å². The summed E-state index contributed by atoms with van der Waals surface area (Å²) in [6, 6.07) is -0.333. The van der Waals surface area contributed by atoms with Crippen LogP contribution in [-0.2, 0) is 4.79 Å². The van der Waals surface area contributed by atoms with Crippen LogP contribution in [0.2, 0.25) is 0 Å². The predicted octanol–water partition coefficient (Wildman–Crippen LogP) is 1.44. The largest absolute Gasteiger partial charge is 0.481 e. The van der Waals surface area contributed by atoms with Gasteiger partial charge in [0.2, 0.25) is 0 Å². The van der Waals surface area contributed by atoms with Crippen LogP contribution in [0.1, 0.15) is 20.3 Å². The van der Waals surface area contributed by atoms with Gasteiger partial charge in [0.05, 0.1) is 12.5 Å². The summed E-state index contributed by atoms with van der Waals surface area (Å²) in [5.74, 6) is -4.19. The van der Waals surface area contributed by atoms with Crippen molar-refractivity contribution in [2.24, 2.45) is 5.92 Å². The van der Waals surface area contributed by atoms with Crippen molar-refractivity contribution in [2.75, 3.05) is 13.1 Å². The van der Waals surface area contributed by atoms with E-state index in [1.807, 2.05) is 0 Å². The van der Waals surface area contributed by atoms with Gasteiger partial charge in [-0.05, 0) is 6.92 Å². The molecule has 1 aliphatic heterocycles. The smallest absolute Gasteiger partial charge is 0.307 e. The Morgan fingerprint density at radius 1 is 1.50 bits per heavy atom. The molecule has 5 heteroatoms. The molecule has 0 saturated carbocycles. The first-order valence-corrected chi connectivity index (χ1v) is 4.68. The van der Waals surface area contributed by atoms with E-state index in [4.69, 9.17) is 5.11 Å². The lowest BCUT2D eigenvalue weighted by atomic mass is 10.0. The molecule has 1 aliphatic rings. The molecule has 0 radical (unpaired) electrons. The number of aliphatic carboxylic acids is 1. The second kappa shape index (κ2) is 3.81. The zero-order valence-electron chi connectivity index (χ0n) is 8.33. The Hall–Kier alpha value is -0.710. The van der Waals surface area contributed by atoms with Crippen molar-refractivity contribution in [3.05, 3.63) is 0 Å². The van der Waals surface area contributed by atoms with Gasteiger partial charge in [-0.25, -0.2) is 8.78 Å². The van der Waals surface area contributed by atoms with E-state index in [-0.39, 0.29) is 25.6 Å². The van der Waals surface area contributed by atoms with Gasteiger partial charge in [0.25, 0.3) is 5.92 Å². The molecule has 14 heavy (non-hydrogen) atoms. The van der Waals surface area contributed by atoms with Crippen molar-refractivity contribution in [2.45, 2.75) is 32.2 Å². The lowest BCUT2D eigenvalue weighted by Gasteiger charge is -2.26. The van der Waals surface area contributed by atoms with Gasteiger partial charge in [0.1, 0.15) is 0 Å². The lowest BCUT2D eigenvalue weighted by Crippen LogP contribution is -2.40. The van der Waals surface area contributed by atoms with Crippen LogP contribution in [-0.4, -0.2) is 41.0 Å². The quantitative estimate of drug-likeness (QED) is 0.761. The molecular weight excluding hydrogens is 192 g/mol. The molecule has 0 aromatic rings. The fourth-order valence-electron chi connectivity index (χ4n) is 1.63. The van der Waals surface area contributed by atoms with E-state index in [9.17, 15) is 13.6 Å². The number of likely N-dealkylation sites (tertiary alicyclic amines) is 1. The molecular formula is C9H15F2NO2.